The smallest absolute Gasteiger partial charge is 0.135 e. The lowest BCUT2D eigenvalue weighted by Crippen LogP contribution is -1.82. The van der Waals surface area contributed by atoms with Crippen LogP contribution in [-0.4, -0.2) is 5.11 Å². The van der Waals surface area contributed by atoms with Crippen molar-refractivity contribution in [3.63, 3.8) is 0 Å². The van der Waals surface area contributed by atoms with Crippen LogP contribution in [0.5, 0.6) is 5.75 Å². The van der Waals surface area contributed by atoms with Crippen LogP contribution < -0.4 is 0 Å². The Bertz CT molecular complexity index is 665. The second-order valence-corrected chi connectivity index (χ2v) is 3.89. The van der Waals surface area contributed by atoms with Gasteiger partial charge in [-0.1, -0.05) is 25.1 Å². The number of phenolic OH excluding ortho intramolecular Hbond substituents is 1. The summed E-state index contributed by atoms with van der Waals surface area (Å²) in [6.07, 6.45) is 0.798. The molecule has 0 saturated heterocycles. The fraction of sp³-hybridized carbons (Fsp3) is 0.143. The van der Waals surface area contributed by atoms with E-state index >= 15 is 0 Å². The molecule has 0 bridgehead atoms. The quantitative estimate of drug-likeness (QED) is 0.664. The standard InChI is InChI=1S/C14H12O2/c1-2-9-11(15)7-8-13-14(9)10-5-3-4-6-12(10)16-13/h3-8,15H,2H2,1H3. The van der Waals surface area contributed by atoms with Crippen LogP contribution in [0, 0.1) is 0 Å². The molecule has 16 heavy (non-hydrogen) atoms. The number of phenols is 1. The van der Waals surface area contributed by atoms with Crippen molar-refractivity contribution in [1.29, 1.82) is 0 Å². The first kappa shape index (κ1) is 9.28. The minimum atomic E-state index is 0.349. The van der Waals surface area contributed by atoms with E-state index in [-0.39, 0.29) is 0 Å². The summed E-state index contributed by atoms with van der Waals surface area (Å²) in [6.45, 7) is 2.04. The van der Waals surface area contributed by atoms with Crippen LogP contribution in [0.1, 0.15) is 12.5 Å². The molecule has 0 spiro atoms. The molecule has 0 amide bonds. The lowest BCUT2D eigenvalue weighted by atomic mass is 10.0. The maximum atomic E-state index is 9.84. The van der Waals surface area contributed by atoms with Crippen LogP contribution in [-0.2, 0) is 6.42 Å². The van der Waals surface area contributed by atoms with Crippen molar-refractivity contribution in [1.82, 2.24) is 0 Å². The van der Waals surface area contributed by atoms with Crippen LogP contribution in [0.4, 0.5) is 0 Å². The number of rotatable bonds is 1. The topological polar surface area (TPSA) is 33.4 Å². The minimum Gasteiger partial charge on any atom is -0.508 e. The third kappa shape index (κ3) is 1.13. The Balaban J connectivity index is 2.57. The number of hydrogen-bond donors (Lipinski definition) is 1. The number of para-hydroxylation sites is 1. The Morgan fingerprint density at radius 3 is 2.69 bits per heavy atom. The number of furan rings is 1. The van der Waals surface area contributed by atoms with Gasteiger partial charge in [-0.3, -0.25) is 0 Å². The van der Waals surface area contributed by atoms with Crippen molar-refractivity contribution in [3.05, 3.63) is 42.0 Å². The highest BCUT2D eigenvalue weighted by Gasteiger charge is 2.12. The Morgan fingerprint density at radius 2 is 1.88 bits per heavy atom. The Labute approximate surface area is 93.1 Å². The molecule has 1 heterocycles. The van der Waals surface area contributed by atoms with Gasteiger partial charge in [0.1, 0.15) is 16.9 Å². The monoisotopic (exact) mass is 212 g/mol. The average Bonchev–Trinajstić information content (AvgIpc) is 2.68. The molecule has 1 N–H and O–H groups in total. The van der Waals surface area contributed by atoms with E-state index in [2.05, 4.69) is 0 Å². The fourth-order valence-electron chi connectivity index (χ4n) is 2.23. The summed E-state index contributed by atoms with van der Waals surface area (Å²) in [5.74, 6) is 0.349. The molecule has 0 saturated carbocycles. The molecule has 0 unspecified atom stereocenters. The van der Waals surface area contributed by atoms with Crippen LogP contribution in [0.2, 0.25) is 0 Å². The van der Waals surface area contributed by atoms with Crippen molar-refractivity contribution in [2.75, 3.05) is 0 Å². The predicted octanol–water partition coefficient (Wildman–Crippen LogP) is 3.85. The molecular weight excluding hydrogens is 200 g/mol. The van der Waals surface area contributed by atoms with Gasteiger partial charge in [-0.05, 0) is 24.6 Å². The lowest BCUT2D eigenvalue weighted by Gasteiger charge is -2.02. The van der Waals surface area contributed by atoms with Crippen LogP contribution in [0.15, 0.2) is 40.8 Å². The number of benzene rings is 2. The van der Waals surface area contributed by atoms with Gasteiger partial charge < -0.3 is 9.52 Å². The molecule has 2 nitrogen and oxygen atoms in total. The third-order valence-electron chi connectivity index (χ3n) is 2.98. The zero-order valence-corrected chi connectivity index (χ0v) is 9.03. The van der Waals surface area contributed by atoms with Crippen LogP contribution >= 0.6 is 0 Å². The molecule has 0 fully saturated rings. The van der Waals surface area contributed by atoms with Gasteiger partial charge in [0, 0.05) is 16.3 Å². The van der Waals surface area contributed by atoms with E-state index in [1.165, 1.54) is 0 Å². The van der Waals surface area contributed by atoms with E-state index in [1.54, 1.807) is 6.07 Å². The molecule has 0 atom stereocenters. The first-order valence-electron chi connectivity index (χ1n) is 5.43. The molecule has 2 heteroatoms. The van der Waals surface area contributed by atoms with Crippen molar-refractivity contribution >= 4 is 21.9 Å². The predicted molar refractivity (Wildman–Crippen MR) is 64.8 cm³/mol. The molecule has 0 aliphatic carbocycles. The molecule has 80 valence electrons. The van der Waals surface area contributed by atoms with E-state index in [0.717, 1.165) is 33.9 Å². The van der Waals surface area contributed by atoms with Crippen LogP contribution in [0.25, 0.3) is 21.9 Å². The molecule has 3 rings (SSSR count). The minimum absolute atomic E-state index is 0.349. The molecule has 0 aliphatic heterocycles. The van der Waals surface area contributed by atoms with Gasteiger partial charge in [0.05, 0.1) is 0 Å². The van der Waals surface area contributed by atoms with Crippen LogP contribution in [0.3, 0.4) is 0 Å². The SMILES string of the molecule is CCc1c(O)ccc2oc3ccccc3c12. The summed E-state index contributed by atoms with van der Waals surface area (Å²) < 4.78 is 5.74. The molecular formula is C14H12O2. The van der Waals surface area contributed by atoms with E-state index in [1.807, 2.05) is 37.3 Å². The highest BCUT2D eigenvalue weighted by atomic mass is 16.3. The van der Waals surface area contributed by atoms with Gasteiger partial charge in [0.25, 0.3) is 0 Å². The molecule has 0 radical (unpaired) electrons. The molecule has 0 aliphatic rings. The van der Waals surface area contributed by atoms with Gasteiger partial charge in [-0.2, -0.15) is 0 Å². The Morgan fingerprint density at radius 1 is 1.06 bits per heavy atom. The first-order chi connectivity index (χ1) is 7.81. The molecule has 3 aromatic rings. The Kier molecular flexibility index (Phi) is 1.90. The van der Waals surface area contributed by atoms with E-state index in [0.29, 0.717) is 5.75 Å². The number of aromatic hydroxyl groups is 1. The normalized spacial score (nSPS) is 11.3. The largest absolute Gasteiger partial charge is 0.508 e. The lowest BCUT2D eigenvalue weighted by molar-refractivity contribution is 0.470. The highest BCUT2D eigenvalue weighted by Crippen LogP contribution is 2.35. The number of aryl methyl sites for hydroxylation is 1. The first-order valence-corrected chi connectivity index (χ1v) is 5.43. The van der Waals surface area contributed by atoms with Crippen molar-refractivity contribution < 1.29 is 9.52 Å². The van der Waals surface area contributed by atoms with Gasteiger partial charge in [-0.25, -0.2) is 0 Å². The van der Waals surface area contributed by atoms with E-state index < -0.39 is 0 Å². The highest BCUT2D eigenvalue weighted by molar-refractivity contribution is 6.07. The third-order valence-corrected chi connectivity index (χ3v) is 2.98. The summed E-state index contributed by atoms with van der Waals surface area (Å²) in [7, 11) is 0. The van der Waals surface area contributed by atoms with Gasteiger partial charge in [0.2, 0.25) is 0 Å². The second-order valence-electron chi connectivity index (χ2n) is 3.89. The Hall–Kier alpha value is -1.96. The van der Waals surface area contributed by atoms with Gasteiger partial charge in [0.15, 0.2) is 0 Å². The summed E-state index contributed by atoms with van der Waals surface area (Å²) in [6, 6.07) is 11.4. The number of fused-ring (bicyclic) bond motifs is 3. The zero-order chi connectivity index (χ0) is 11.1. The van der Waals surface area contributed by atoms with Gasteiger partial charge in [-0.15, -0.1) is 0 Å². The van der Waals surface area contributed by atoms with E-state index in [9.17, 15) is 5.11 Å². The van der Waals surface area contributed by atoms with Crippen molar-refractivity contribution in [2.45, 2.75) is 13.3 Å². The van der Waals surface area contributed by atoms with Crippen molar-refractivity contribution in [2.24, 2.45) is 0 Å². The summed E-state index contributed by atoms with van der Waals surface area (Å²) in [5.41, 5.74) is 2.68. The fourth-order valence-corrected chi connectivity index (χ4v) is 2.23. The molecule has 2 aromatic carbocycles. The zero-order valence-electron chi connectivity index (χ0n) is 9.03. The van der Waals surface area contributed by atoms with E-state index in [4.69, 9.17) is 4.42 Å². The maximum Gasteiger partial charge on any atom is 0.135 e. The molecule has 1 aromatic heterocycles. The summed E-state index contributed by atoms with van der Waals surface area (Å²) in [5, 5.41) is 12.0. The number of hydrogen-bond acceptors (Lipinski definition) is 2. The second kappa shape index (κ2) is 3.27. The maximum absolute atomic E-state index is 9.84. The summed E-state index contributed by atoms with van der Waals surface area (Å²) >= 11 is 0. The summed E-state index contributed by atoms with van der Waals surface area (Å²) in [4.78, 5) is 0. The van der Waals surface area contributed by atoms with Gasteiger partial charge >= 0.3 is 0 Å². The average molecular weight is 212 g/mol. The van der Waals surface area contributed by atoms with Crippen molar-refractivity contribution in [3.8, 4) is 5.75 Å².